The minimum atomic E-state index is 0.544. The molecule has 0 atom stereocenters. The van der Waals surface area contributed by atoms with Crippen LogP contribution in [0.2, 0.25) is 0 Å². The third kappa shape index (κ3) is 3.46. The minimum absolute atomic E-state index is 0.544. The molecule has 0 aliphatic carbocycles. The molecule has 0 radical (unpaired) electrons. The fourth-order valence-electron chi connectivity index (χ4n) is 2.10. The van der Waals surface area contributed by atoms with Crippen LogP contribution >= 0.6 is 27.3 Å². The van der Waals surface area contributed by atoms with Crippen molar-refractivity contribution < 1.29 is 0 Å². The molecular formula is C16H20BrNS. The van der Waals surface area contributed by atoms with Crippen molar-refractivity contribution in [3.8, 4) is 10.6 Å². The van der Waals surface area contributed by atoms with Crippen LogP contribution in [0.15, 0.2) is 28.7 Å². The number of aromatic nitrogens is 1. The van der Waals surface area contributed by atoms with Crippen molar-refractivity contribution in [1.29, 1.82) is 0 Å². The van der Waals surface area contributed by atoms with Crippen LogP contribution in [-0.4, -0.2) is 4.98 Å². The number of halogens is 1. The van der Waals surface area contributed by atoms with Crippen LogP contribution in [0.1, 0.15) is 44.2 Å². The Labute approximate surface area is 128 Å². The van der Waals surface area contributed by atoms with Crippen LogP contribution in [0.25, 0.3) is 10.6 Å². The molecule has 2 aromatic rings. The maximum absolute atomic E-state index is 4.89. The van der Waals surface area contributed by atoms with Crippen LogP contribution in [0.5, 0.6) is 0 Å². The molecule has 0 aliphatic heterocycles. The third-order valence-corrected chi connectivity index (χ3v) is 5.08. The highest BCUT2D eigenvalue weighted by molar-refractivity contribution is 9.10. The molecule has 0 saturated carbocycles. The molecule has 0 N–H and O–H groups in total. The van der Waals surface area contributed by atoms with Gasteiger partial charge in [0.2, 0.25) is 0 Å². The van der Waals surface area contributed by atoms with E-state index in [-0.39, 0.29) is 0 Å². The number of nitrogens with zero attached hydrogens (tertiary/aromatic N) is 1. The maximum atomic E-state index is 4.89. The van der Waals surface area contributed by atoms with E-state index in [9.17, 15) is 0 Å². The first-order valence-electron chi connectivity index (χ1n) is 6.73. The van der Waals surface area contributed by atoms with Gasteiger partial charge in [-0.05, 0) is 24.3 Å². The number of hydrogen-bond donors (Lipinski definition) is 0. The van der Waals surface area contributed by atoms with Gasteiger partial charge < -0.3 is 0 Å². The fraction of sp³-hybridized carbons (Fsp3) is 0.438. The van der Waals surface area contributed by atoms with Crippen molar-refractivity contribution in [2.24, 2.45) is 5.92 Å². The van der Waals surface area contributed by atoms with Gasteiger partial charge >= 0.3 is 0 Å². The Kier molecular flexibility index (Phi) is 4.80. The zero-order valence-corrected chi connectivity index (χ0v) is 14.3. The largest absolute Gasteiger partial charge is 0.241 e. The summed E-state index contributed by atoms with van der Waals surface area (Å²) in [5.41, 5.74) is 2.48. The first-order chi connectivity index (χ1) is 8.99. The minimum Gasteiger partial charge on any atom is -0.241 e. The molecule has 2 rings (SSSR count). The zero-order valence-electron chi connectivity index (χ0n) is 11.9. The first-order valence-corrected chi connectivity index (χ1v) is 8.34. The van der Waals surface area contributed by atoms with Gasteiger partial charge in [-0.25, -0.2) is 4.98 Å². The topological polar surface area (TPSA) is 12.9 Å². The lowest BCUT2D eigenvalue weighted by molar-refractivity contribution is 0.630. The first kappa shape index (κ1) is 14.7. The maximum Gasteiger partial charge on any atom is 0.125 e. The van der Waals surface area contributed by atoms with E-state index < -0.39 is 0 Å². The van der Waals surface area contributed by atoms with Gasteiger partial charge in [0.15, 0.2) is 0 Å². The highest BCUT2D eigenvalue weighted by Crippen LogP contribution is 2.36. The van der Waals surface area contributed by atoms with Gasteiger partial charge in [0.25, 0.3) is 0 Å². The number of hydrogen-bond acceptors (Lipinski definition) is 2. The molecule has 3 heteroatoms. The van der Waals surface area contributed by atoms with Gasteiger partial charge in [-0.1, -0.05) is 61.8 Å². The predicted octanol–water partition coefficient (Wildman–Crippen LogP) is 5.89. The van der Waals surface area contributed by atoms with Crippen molar-refractivity contribution in [1.82, 2.24) is 4.98 Å². The Morgan fingerprint density at radius 2 is 1.84 bits per heavy atom. The second-order valence-electron chi connectivity index (χ2n) is 5.56. The van der Waals surface area contributed by atoms with Crippen molar-refractivity contribution in [2.45, 2.75) is 40.0 Å². The highest BCUT2D eigenvalue weighted by atomic mass is 79.9. The van der Waals surface area contributed by atoms with Gasteiger partial charge in [-0.2, -0.15) is 0 Å². The van der Waals surface area contributed by atoms with Crippen molar-refractivity contribution >= 4 is 27.3 Å². The van der Waals surface area contributed by atoms with Crippen molar-refractivity contribution in [3.05, 3.63) is 39.3 Å². The summed E-state index contributed by atoms with van der Waals surface area (Å²) in [6.45, 7) is 9.01. The molecule has 19 heavy (non-hydrogen) atoms. The normalized spacial score (nSPS) is 11.5. The van der Waals surface area contributed by atoms with Crippen LogP contribution < -0.4 is 0 Å². The van der Waals surface area contributed by atoms with Crippen LogP contribution in [0.3, 0.4) is 0 Å². The summed E-state index contributed by atoms with van der Waals surface area (Å²) in [5, 5.41) is 1.13. The average molecular weight is 338 g/mol. The van der Waals surface area contributed by atoms with Crippen LogP contribution in [0.4, 0.5) is 0 Å². The van der Waals surface area contributed by atoms with E-state index in [1.54, 1.807) is 0 Å². The third-order valence-electron chi connectivity index (χ3n) is 2.96. The highest BCUT2D eigenvalue weighted by Gasteiger charge is 2.17. The summed E-state index contributed by atoms with van der Waals surface area (Å²) >= 11 is 5.46. The van der Waals surface area contributed by atoms with E-state index in [2.05, 4.69) is 61.8 Å². The molecule has 0 bridgehead atoms. The molecule has 0 saturated heterocycles. The van der Waals surface area contributed by atoms with Crippen LogP contribution in [0, 0.1) is 5.92 Å². The molecule has 102 valence electrons. The molecule has 0 amide bonds. The van der Waals surface area contributed by atoms with E-state index in [0.29, 0.717) is 11.8 Å². The summed E-state index contributed by atoms with van der Waals surface area (Å²) in [5.74, 6) is 1.19. The second kappa shape index (κ2) is 6.19. The standard InChI is InChI=1S/C16H20BrNS/c1-10(2)9-14-15(11(3)4)19-16(18-14)12-7-5-6-8-13(12)17/h5-8,10-11H,9H2,1-4H3. The molecule has 1 aromatic carbocycles. The van der Waals surface area contributed by atoms with Crippen molar-refractivity contribution in [3.63, 3.8) is 0 Å². The Bertz CT molecular complexity index is 558. The fourth-order valence-corrected chi connectivity index (χ4v) is 3.84. The Morgan fingerprint density at radius 3 is 2.42 bits per heavy atom. The van der Waals surface area contributed by atoms with Gasteiger partial charge in [0, 0.05) is 14.9 Å². The molecule has 1 heterocycles. The molecule has 0 fully saturated rings. The summed E-state index contributed by atoms with van der Waals surface area (Å²) in [4.78, 5) is 6.32. The van der Waals surface area contributed by atoms with Gasteiger partial charge in [-0.3, -0.25) is 0 Å². The Morgan fingerprint density at radius 1 is 1.16 bits per heavy atom. The zero-order chi connectivity index (χ0) is 14.0. The number of rotatable bonds is 4. The molecule has 1 nitrogen and oxygen atoms in total. The van der Waals surface area contributed by atoms with Gasteiger partial charge in [0.05, 0.1) is 5.69 Å². The second-order valence-corrected chi connectivity index (χ2v) is 7.45. The quantitative estimate of drug-likeness (QED) is 0.677. The van der Waals surface area contributed by atoms with Gasteiger partial charge in [0.1, 0.15) is 5.01 Å². The van der Waals surface area contributed by atoms with Gasteiger partial charge in [-0.15, -0.1) is 11.3 Å². The van der Waals surface area contributed by atoms with Crippen LogP contribution in [-0.2, 0) is 6.42 Å². The summed E-state index contributed by atoms with van der Waals surface area (Å²) in [6, 6.07) is 8.32. The lowest BCUT2D eigenvalue weighted by Gasteiger charge is -2.06. The molecule has 0 aliphatic rings. The lowest BCUT2D eigenvalue weighted by Crippen LogP contribution is -1.99. The SMILES string of the molecule is CC(C)Cc1nc(-c2ccccc2Br)sc1C(C)C. The average Bonchev–Trinajstić information content (AvgIpc) is 2.72. The Balaban J connectivity index is 2.46. The monoisotopic (exact) mass is 337 g/mol. The van der Waals surface area contributed by atoms with E-state index in [4.69, 9.17) is 4.98 Å². The van der Waals surface area contributed by atoms with E-state index in [1.165, 1.54) is 16.1 Å². The smallest absolute Gasteiger partial charge is 0.125 e. The van der Waals surface area contributed by atoms with Crippen molar-refractivity contribution in [2.75, 3.05) is 0 Å². The Hall–Kier alpha value is -0.670. The summed E-state index contributed by atoms with van der Waals surface area (Å²) < 4.78 is 1.12. The molecular weight excluding hydrogens is 318 g/mol. The van der Waals surface area contributed by atoms with E-state index in [0.717, 1.165) is 15.9 Å². The summed E-state index contributed by atoms with van der Waals surface area (Å²) in [6.07, 6.45) is 1.06. The molecule has 0 spiro atoms. The number of benzene rings is 1. The van der Waals surface area contributed by atoms with E-state index >= 15 is 0 Å². The lowest BCUT2D eigenvalue weighted by atomic mass is 10.0. The molecule has 1 aromatic heterocycles. The predicted molar refractivity (Wildman–Crippen MR) is 87.9 cm³/mol. The molecule has 0 unspecified atom stereocenters. The van der Waals surface area contributed by atoms with E-state index in [1.807, 2.05) is 17.4 Å². The summed E-state index contributed by atoms with van der Waals surface area (Å²) in [7, 11) is 0. The number of thiazole rings is 1.